The summed E-state index contributed by atoms with van der Waals surface area (Å²) in [4.78, 5) is 0. The minimum Gasteiger partial charge on any atom is -0.379 e. The summed E-state index contributed by atoms with van der Waals surface area (Å²) in [6.07, 6.45) is 0. The number of hydrogen-bond donors (Lipinski definition) is 1. The molecule has 14 heavy (non-hydrogen) atoms. The molecule has 0 spiro atoms. The van der Waals surface area contributed by atoms with Crippen molar-refractivity contribution >= 4 is 0 Å². The summed E-state index contributed by atoms with van der Waals surface area (Å²) in [5.41, 5.74) is 3.40. The molecule has 2 heterocycles. The molecule has 2 rings (SSSR count). The third kappa shape index (κ3) is 3.18. The van der Waals surface area contributed by atoms with Crippen molar-refractivity contribution in [2.75, 3.05) is 52.7 Å². The van der Waals surface area contributed by atoms with Gasteiger partial charge in [0.15, 0.2) is 0 Å². The Morgan fingerprint density at radius 2 is 1.50 bits per heavy atom. The van der Waals surface area contributed by atoms with Gasteiger partial charge in [-0.25, -0.2) is 10.4 Å². The van der Waals surface area contributed by atoms with Gasteiger partial charge in [-0.05, 0) is 0 Å². The second kappa shape index (κ2) is 5.63. The zero-order valence-electron chi connectivity index (χ0n) is 8.41. The summed E-state index contributed by atoms with van der Waals surface area (Å²) < 4.78 is 16.1. The van der Waals surface area contributed by atoms with Gasteiger partial charge >= 0.3 is 0 Å². The maximum Gasteiger partial charge on any atom is 0.0701 e. The van der Waals surface area contributed by atoms with Crippen LogP contribution in [0.3, 0.4) is 0 Å². The van der Waals surface area contributed by atoms with Crippen LogP contribution in [0.15, 0.2) is 0 Å². The Hall–Kier alpha value is -0.200. The number of hydrazine groups is 1. The SMILES string of the molecule is C1CN(NC2COCCOC2)CCO1. The number of nitrogens with one attached hydrogen (secondary N) is 1. The van der Waals surface area contributed by atoms with E-state index in [1.54, 1.807) is 0 Å². The van der Waals surface area contributed by atoms with Gasteiger partial charge < -0.3 is 14.2 Å². The van der Waals surface area contributed by atoms with Gasteiger partial charge in [0.2, 0.25) is 0 Å². The minimum atomic E-state index is 0.288. The van der Waals surface area contributed by atoms with Crippen molar-refractivity contribution in [2.24, 2.45) is 0 Å². The number of ether oxygens (including phenoxy) is 3. The molecule has 5 heteroatoms. The van der Waals surface area contributed by atoms with Crippen LogP contribution in [-0.2, 0) is 14.2 Å². The van der Waals surface area contributed by atoms with Crippen molar-refractivity contribution < 1.29 is 14.2 Å². The molecule has 0 aliphatic carbocycles. The molecule has 0 atom stereocenters. The molecule has 5 nitrogen and oxygen atoms in total. The van der Waals surface area contributed by atoms with Crippen LogP contribution in [0.1, 0.15) is 0 Å². The van der Waals surface area contributed by atoms with Crippen molar-refractivity contribution in [1.82, 2.24) is 10.4 Å². The monoisotopic (exact) mass is 202 g/mol. The normalized spacial score (nSPS) is 27.4. The highest BCUT2D eigenvalue weighted by atomic mass is 16.5. The molecule has 82 valence electrons. The van der Waals surface area contributed by atoms with Crippen molar-refractivity contribution in [2.45, 2.75) is 6.04 Å². The van der Waals surface area contributed by atoms with Gasteiger partial charge in [0.1, 0.15) is 0 Å². The average Bonchev–Trinajstić information content (AvgIpc) is 2.48. The summed E-state index contributed by atoms with van der Waals surface area (Å²) in [5, 5.41) is 2.19. The van der Waals surface area contributed by atoms with Crippen LogP contribution in [0.25, 0.3) is 0 Å². The Morgan fingerprint density at radius 3 is 2.14 bits per heavy atom. The Morgan fingerprint density at radius 1 is 0.857 bits per heavy atom. The van der Waals surface area contributed by atoms with Gasteiger partial charge in [0, 0.05) is 13.1 Å². The van der Waals surface area contributed by atoms with E-state index in [-0.39, 0.29) is 6.04 Å². The van der Waals surface area contributed by atoms with Crippen LogP contribution in [0.4, 0.5) is 0 Å². The molecule has 2 saturated heterocycles. The van der Waals surface area contributed by atoms with Crippen LogP contribution in [0.2, 0.25) is 0 Å². The number of nitrogens with zero attached hydrogens (tertiary/aromatic N) is 1. The van der Waals surface area contributed by atoms with Gasteiger partial charge in [0.05, 0.1) is 45.7 Å². The van der Waals surface area contributed by atoms with E-state index in [0.717, 1.165) is 39.5 Å². The van der Waals surface area contributed by atoms with E-state index < -0.39 is 0 Å². The van der Waals surface area contributed by atoms with E-state index in [4.69, 9.17) is 14.2 Å². The van der Waals surface area contributed by atoms with Gasteiger partial charge in [-0.2, -0.15) is 0 Å². The molecular weight excluding hydrogens is 184 g/mol. The first kappa shape index (κ1) is 10.3. The van der Waals surface area contributed by atoms with Gasteiger partial charge in [-0.1, -0.05) is 0 Å². The third-order valence-corrected chi connectivity index (χ3v) is 2.39. The summed E-state index contributed by atoms with van der Waals surface area (Å²) in [6.45, 7) is 6.38. The summed E-state index contributed by atoms with van der Waals surface area (Å²) in [5.74, 6) is 0. The largest absolute Gasteiger partial charge is 0.379 e. The van der Waals surface area contributed by atoms with E-state index >= 15 is 0 Å². The zero-order valence-corrected chi connectivity index (χ0v) is 8.41. The van der Waals surface area contributed by atoms with Crippen LogP contribution in [0.5, 0.6) is 0 Å². The standard InChI is InChI=1S/C9H18N2O3/c1-3-12-4-2-11(1)10-9-7-13-5-6-14-8-9/h9-10H,1-8H2. The Bertz CT molecular complexity index is 154. The first-order valence-corrected chi connectivity index (χ1v) is 5.19. The van der Waals surface area contributed by atoms with Crippen molar-refractivity contribution in [3.63, 3.8) is 0 Å². The predicted molar refractivity (Wildman–Crippen MR) is 51.0 cm³/mol. The maximum atomic E-state index is 5.40. The van der Waals surface area contributed by atoms with E-state index in [2.05, 4.69) is 10.4 Å². The topological polar surface area (TPSA) is 43.0 Å². The lowest BCUT2D eigenvalue weighted by Crippen LogP contribution is -2.52. The lowest BCUT2D eigenvalue weighted by atomic mass is 10.3. The molecule has 0 amide bonds. The molecule has 0 unspecified atom stereocenters. The van der Waals surface area contributed by atoms with Gasteiger partial charge in [-0.15, -0.1) is 0 Å². The lowest BCUT2D eigenvalue weighted by molar-refractivity contribution is -0.00879. The molecule has 0 saturated carbocycles. The summed E-state index contributed by atoms with van der Waals surface area (Å²) in [7, 11) is 0. The Kier molecular flexibility index (Phi) is 4.15. The number of hydrogen-bond acceptors (Lipinski definition) is 5. The van der Waals surface area contributed by atoms with Crippen molar-refractivity contribution in [1.29, 1.82) is 0 Å². The van der Waals surface area contributed by atoms with Crippen molar-refractivity contribution in [3.05, 3.63) is 0 Å². The van der Waals surface area contributed by atoms with E-state index in [0.29, 0.717) is 13.2 Å². The fourth-order valence-corrected chi connectivity index (χ4v) is 1.64. The molecule has 0 bridgehead atoms. The van der Waals surface area contributed by atoms with Crippen LogP contribution < -0.4 is 5.43 Å². The summed E-state index contributed by atoms with van der Waals surface area (Å²) in [6, 6.07) is 0.288. The molecule has 0 aromatic rings. The zero-order chi connectivity index (χ0) is 9.64. The molecule has 2 aliphatic rings. The highest BCUT2D eigenvalue weighted by molar-refractivity contribution is 4.68. The first-order valence-electron chi connectivity index (χ1n) is 5.19. The molecule has 0 radical (unpaired) electrons. The molecule has 2 fully saturated rings. The molecular formula is C9H18N2O3. The minimum absolute atomic E-state index is 0.288. The highest BCUT2D eigenvalue weighted by Crippen LogP contribution is 1.99. The molecule has 0 aromatic heterocycles. The molecule has 0 aromatic carbocycles. The number of rotatable bonds is 2. The average molecular weight is 202 g/mol. The van der Waals surface area contributed by atoms with Crippen LogP contribution in [-0.4, -0.2) is 63.8 Å². The Labute approximate surface area is 84.3 Å². The number of morpholine rings is 1. The smallest absolute Gasteiger partial charge is 0.0701 e. The second-order valence-corrected chi connectivity index (χ2v) is 3.58. The molecule has 1 N–H and O–H groups in total. The van der Waals surface area contributed by atoms with Gasteiger partial charge in [-0.3, -0.25) is 0 Å². The first-order chi connectivity index (χ1) is 6.95. The summed E-state index contributed by atoms with van der Waals surface area (Å²) >= 11 is 0. The van der Waals surface area contributed by atoms with E-state index in [1.807, 2.05) is 0 Å². The maximum absolute atomic E-state index is 5.40. The van der Waals surface area contributed by atoms with Gasteiger partial charge in [0.25, 0.3) is 0 Å². The predicted octanol–water partition coefficient (Wildman–Crippen LogP) is -0.761. The van der Waals surface area contributed by atoms with E-state index in [9.17, 15) is 0 Å². The quantitative estimate of drug-likeness (QED) is 0.637. The van der Waals surface area contributed by atoms with Crippen LogP contribution in [0, 0.1) is 0 Å². The second-order valence-electron chi connectivity index (χ2n) is 3.58. The van der Waals surface area contributed by atoms with Crippen molar-refractivity contribution in [3.8, 4) is 0 Å². The van der Waals surface area contributed by atoms with Crippen LogP contribution >= 0.6 is 0 Å². The lowest BCUT2D eigenvalue weighted by Gasteiger charge is -2.30. The Balaban J connectivity index is 1.71. The molecule has 2 aliphatic heterocycles. The fourth-order valence-electron chi connectivity index (χ4n) is 1.64. The third-order valence-electron chi connectivity index (χ3n) is 2.39. The van der Waals surface area contributed by atoms with E-state index in [1.165, 1.54) is 0 Å². The fraction of sp³-hybridized carbons (Fsp3) is 1.00. The highest BCUT2D eigenvalue weighted by Gasteiger charge is 2.17.